The fourth-order valence-electron chi connectivity index (χ4n) is 5.37. The maximum absolute atomic E-state index is 14.0. The molecule has 0 heterocycles. The van der Waals surface area contributed by atoms with Gasteiger partial charge >= 0.3 is 0 Å². The quantitative estimate of drug-likeness (QED) is 0.241. The molecule has 0 aromatic heterocycles. The van der Waals surface area contributed by atoms with Gasteiger partial charge in [-0.25, -0.2) is 0 Å². The van der Waals surface area contributed by atoms with Crippen molar-refractivity contribution in [3.8, 4) is 23.0 Å². The fourth-order valence-corrected chi connectivity index (χ4v) is 5.37. The van der Waals surface area contributed by atoms with Crippen molar-refractivity contribution in [1.29, 1.82) is 0 Å². The molecule has 8 heteroatoms. The lowest BCUT2D eigenvalue weighted by molar-refractivity contribution is 0.103. The average Bonchev–Trinajstić information content (AvgIpc) is 3.45. The number of nitrogens with one attached hydrogen (secondary N) is 2. The van der Waals surface area contributed by atoms with Crippen LogP contribution in [0.15, 0.2) is 96.3 Å². The van der Waals surface area contributed by atoms with Crippen LogP contribution in [-0.2, 0) is 0 Å². The molecule has 0 fully saturated rings. The van der Waals surface area contributed by atoms with Crippen molar-refractivity contribution in [2.24, 2.45) is 0 Å². The molecule has 42 heavy (non-hydrogen) atoms. The number of anilines is 2. The lowest BCUT2D eigenvalue weighted by Crippen LogP contribution is -2.11. The van der Waals surface area contributed by atoms with Crippen LogP contribution in [0.5, 0.6) is 23.0 Å². The summed E-state index contributed by atoms with van der Waals surface area (Å²) in [4.78, 5) is 27.9. The molecule has 0 aliphatic heterocycles. The fraction of sp³-hybridized carbons (Fsp3) is 0.118. The maximum atomic E-state index is 14.0. The first kappa shape index (κ1) is 26.7. The molecule has 0 spiro atoms. The number of benzene rings is 4. The third-order valence-corrected chi connectivity index (χ3v) is 7.33. The Labute approximate surface area is 243 Å². The Balaban J connectivity index is 1.59. The molecule has 0 saturated heterocycles. The predicted octanol–water partition coefficient (Wildman–Crippen LogP) is 6.46. The molecule has 4 aromatic carbocycles. The van der Waals surface area contributed by atoms with Crippen LogP contribution in [0, 0.1) is 0 Å². The van der Waals surface area contributed by atoms with Crippen LogP contribution in [0.3, 0.4) is 0 Å². The normalized spacial score (nSPS) is 13.6. The third-order valence-electron chi connectivity index (χ3n) is 7.33. The smallest absolute Gasteiger partial charge is 0.210 e. The molecule has 210 valence electrons. The van der Waals surface area contributed by atoms with Crippen molar-refractivity contribution in [3.63, 3.8) is 0 Å². The number of methoxy groups -OCH3 is 4. The molecule has 2 aliphatic rings. The Hall–Kier alpha value is -5.50. The van der Waals surface area contributed by atoms with E-state index in [4.69, 9.17) is 18.9 Å². The van der Waals surface area contributed by atoms with Crippen LogP contribution in [0.4, 0.5) is 11.4 Å². The number of hydrogen-bond acceptors (Lipinski definition) is 8. The zero-order chi connectivity index (χ0) is 29.4. The molecule has 0 unspecified atom stereocenters. The third kappa shape index (κ3) is 4.53. The van der Waals surface area contributed by atoms with E-state index in [0.717, 1.165) is 11.1 Å². The molecule has 0 atom stereocenters. The van der Waals surface area contributed by atoms with E-state index in [9.17, 15) is 9.59 Å². The number of fused-ring (bicyclic) bond motifs is 2. The zero-order valence-electron chi connectivity index (χ0n) is 23.5. The van der Waals surface area contributed by atoms with Gasteiger partial charge in [0, 0.05) is 70.0 Å². The largest absolute Gasteiger partial charge is 0.497 e. The monoisotopic (exact) mass is 560 g/mol. The van der Waals surface area contributed by atoms with Gasteiger partial charge in [-0.2, -0.15) is 0 Å². The van der Waals surface area contributed by atoms with E-state index >= 15 is 0 Å². The summed E-state index contributed by atoms with van der Waals surface area (Å²) in [6.07, 6.45) is 0. The highest BCUT2D eigenvalue weighted by atomic mass is 16.5. The Bertz CT molecular complexity index is 1640. The highest BCUT2D eigenvalue weighted by Gasteiger charge is 2.39. The molecule has 6 rings (SSSR count). The summed E-state index contributed by atoms with van der Waals surface area (Å²) in [5, 5.41) is 6.67. The number of ketones is 2. The summed E-state index contributed by atoms with van der Waals surface area (Å²) in [6.45, 7) is 0. The van der Waals surface area contributed by atoms with Gasteiger partial charge in [0.05, 0.1) is 39.8 Å². The van der Waals surface area contributed by atoms with Gasteiger partial charge in [-0.3, -0.25) is 9.59 Å². The summed E-state index contributed by atoms with van der Waals surface area (Å²) >= 11 is 0. The second-order valence-corrected chi connectivity index (χ2v) is 9.70. The number of allylic oxidation sites excluding steroid dienone is 4. The van der Waals surface area contributed by atoms with Gasteiger partial charge in [0.2, 0.25) is 11.6 Å². The van der Waals surface area contributed by atoms with Crippen LogP contribution in [0.25, 0.3) is 11.1 Å². The number of ether oxygens (including phenoxy) is 4. The van der Waals surface area contributed by atoms with Crippen molar-refractivity contribution in [2.75, 3.05) is 39.1 Å². The predicted molar refractivity (Wildman–Crippen MR) is 162 cm³/mol. The molecule has 8 nitrogen and oxygen atoms in total. The van der Waals surface area contributed by atoms with E-state index in [2.05, 4.69) is 10.6 Å². The van der Waals surface area contributed by atoms with Crippen LogP contribution in [0.2, 0.25) is 0 Å². The Morgan fingerprint density at radius 3 is 1.07 bits per heavy atom. The topological polar surface area (TPSA) is 95.1 Å². The first-order valence-corrected chi connectivity index (χ1v) is 13.2. The second-order valence-electron chi connectivity index (χ2n) is 9.70. The second kappa shape index (κ2) is 10.8. The van der Waals surface area contributed by atoms with Gasteiger partial charge < -0.3 is 29.6 Å². The first-order valence-electron chi connectivity index (χ1n) is 13.2. The zero-order valence-corrected chi connectivity index (χ0v) is 23.5. The van der Waals surface area contributed by atoms with Gasteiger partial charge in [-0.1, -0.05) is 48.5 Å². The van der Waals surface area contributed by atoms with E-state index in [0.29, 0.717) is 68.0 Å². The number of carbonyl (C=O) groups excluding carboxylic acids is 2. The van der Waals surface area contributed by atoms with Crippen LogP contribution >= 0.6 is 0 Å². The maximum Gasteiger partial charge on any atom is 0.210 e. The van der Waals surface area contributed by atoms with Crippen molar-refractivity contribution in [2.45, 2.75) is 0 Å². The van der Waals surface area contributed by atoms with Gasteiger partial charge in [0.1, 0.15) is 23.0 Å². The van der Waals surface area contributed by atoms with Gasteiger partial charge in [-0.05, 0) is 11.1 Å². The number of hydrogen-bond donors (Lipinski definition) is 2. The molecular weight excluding hydrogens is 532 g/mol. The van der Waals surface area contributed by atoms with Crippen molar-refractivity contribution < 1.29 is 28.5 Å². The summed E-state index contributed by atoms with van der Waals surface area (Å²) in [5.74, 6) is 1.89. The SMILES string of the molecule is COc1cc(NC2=C(C3=C(Nc4cc(OC)cc(OC)c4)C(=O)c4ccccc43)c3ccccc3C2=O)cc(OC)c1. The van der Waals surface area contributed by atoms with E-state index in [1.807, 2.05) is 36.4 Å². The lowest BCUT2D eigenvalue weighted by atomic mass is 9.93. The van der Waals surface area contributed by atoms with Crippen LogP contribution in [0.1, 0.15) is 31.8 Å². The highest BCUT2D eigenvalue weighted by molar-refractivity contribution is 6.36. The van der Waals surface area contributed by atoms with Crippen LogP contribution in [-0.4, -0.2) is 40.0 Å². The minimum Gasteiger partial charge on any atom is -0.497 e. The molecule has 0 amide bonds. The average molecular weight is 561 g/mol. The van der Waals surface area contributed by atoms with E-state index < -0.39 is 0 Å². The summed E-state index contributed by atoms with van der Waals surface area (Å²) in [7, 11) is 6.27. The molecule has 0 radical (unpaired) electrons. The first-order chi connectivity index (χ1) is 20.4. The van der Waals surface area contributed by atoms with Gasteiger partial charge in [-0.15, -0.1) is 0 Å². The Kier molecular flexibility index (Phi) is 6.88. The molecule has 2 aliphatic carbocycles. The van der Waals surface area contributed by atoms with Crippen molar-refractivity contribution >= 4 is 34.1 Å². The van der Waals surface area contributed by atoms with E-state index in [1.165, 1.54) is 0 Å². The highest BCUT2D eigenvalue weighted by Crippen LogP contribution is 2.48. The van der Waals surface area contributed by atoms with Gasteiger partial charge in [0.15, 0.2) is 0 Å². The van der Waals surface area contributed by atoms with Crippen molar-refractivity contribution in [3.05, 3.63) is 119 Å². The summed E-state index contributed by atoms with van der Waals surface area (Å²) < 4.78 is 21.8. The standard InChI is InChI=1S/C34H28N2O6/c1-39-21-13-19(14-22(17-21)40-2)35-31-29(25-9-5-7-11-27(25)33(31)37)30-26-10-6-8-12-28(26)34(38)32(30)36-20-15-23(41-3)18-24(16-20)42-4/h5-18H,1-4H3,(H,35,37)(H,36,38). The summed E-state index contributed by atoms with van der Waals surface area (Å²) in [5.41, 5.74) is 5.65. The van der Waals surface area contributed by atoms with E-state index in [1.54, 1.807) is 77.0 Å². The molecule has 4 aromatic rings. The molecule has 2 N–H and O–H groups in total. The minimum absolute atomic E-state index is 0.186. The number of carbonyl (C=O) groups is 2. The van der Waals surface area contributed by atoms with Gasteiger partial charge in [0.25, 0.3) is 0 Å². The molecular formula is C34H28N2O6. The molecule has 0 saturated carbocycles. The number of Topliss-reactive ketones (excluding diaryl/α,β-unsaturated/α-hetero) is 2. The van der Waals surface area contributed by atoms with Crippen LogP contribution < -0.4 is 29.6 Å². The number of rotatable bonds is 9. The minimum atomic E-state index is -0.186. The Morgan fingerprint density at radius 2 is 0.762 bits per heavy atom. The van der Waals surface area contributed by atoms with Crippen molar-refractivity contribution in [1.82, 2.24) is 0 Å². The van der Waals surface area contributed by atoms with E-state index in [-0.39, 0.29) is 11.6 Å². The molecule has 0 bridgehead atoms. The lowest BCUT2D eigenvalue weighted by Gasteiger charge is -2.17. The Morgan fingerprint density at radius 1 is 0.452 bits per heavy atom. The summed E-state index contributed by atoms with van der Waals surface area (Å²) in [6, 6.07) is 25.5.